The van der Waals surface area contributed by atoms with Crippen molar-refractivity contribution >= 4 is 17.7 Å². The van der Waals surface area contributed by atoms with Crippen molar-refractivity contribution < 1.29 is 4.79 Å². The topological polar surface area (TPSA) is 41.1 Å². The molecule has 0 atom stereocenters. The molecule has 1 fully saturated rings. The number of thioether (sulfide) groups is 1. The molecule has 2 N–H and O–H groups in total. The normalized spacial score (nSPS) is 17.1. The molecule has 1 aliphatic heterocycles. The summed E-state index contributed by atoms with van der Waals surface area (Å²) in [6.07, 6.45) is 6.00. The Kier molecular flexibility index (Phi) is 8.51. The van der Waals surface area contributed by atoms with Crippen LogP contribution in [0.3, 0.4) is 0 Å². The van der Waals surface area contributed by atoms with E-state index in [0.29, 0.717) is 11.0 Å². The van der Waals surface area contributed by atoms with Gasteiger partial charge in [0.1, 0.15) is 0 Å². The van der Waals surface area contributed by atoms with E-state index in [0.717, 1.165) is 32.0 Å². The fourth-order valence-electron chi connectivity index (χ4n) is 2.11. The van der Waals surface area contributed by atoms with E-state index < -0.39 is 0 Å². The molecule has 0 aromatic rings. The van der Waals surface area contributed by atoms with Gasteiger partial charge in [0, 0.05) is 11.8 Å². The number of hydrogen-bond donors (Lipinski definition) is 2. The SMILES string of the molecule is CC(C)CCCCNC(=O)CSC1CCNCC1. The minimum Gasteiger partial charge on any atom is -0.355 e. The maximum absolute atomic E-state index is 11.6. The molecule has 0 unspecified atom stereocenters. The van der Waals surface area contributed by atoms with Gasteiger partial charge in [-0.05, 0) is 38.3 Å². The highest BCUT2D eigenvalue weighted by Crippen LogP contribution is 2.19. The molecule has 1 aliphatic rings. The second kappa shape index (κ2) is 9.68. The van der Waals surface area contributed by atoms with Crippen molar-refractivity contribution in [2.24, 2.45) is 5.92 Å². The summed E-state index contributed by atoms with van der Waals surface area (Å²) >= 11 is 1.82. The zero-order chi connectivity index (χ0) is 13.2. The van der Waals surface area contributed by atoms with Crippen LogP contribution in [0.1, 0.15) is 46.0 Å². The molecule has 1 amide bonds. The summed E-state index contributed by atoms with van der Waals surface area (Å²) in [6.45, 7) is 7.55. The van der Waals surface area contributed by atoms with Crippen LogP contribution >= 0.6 is 11.8 Å². The molecule has 0 aromatic carbocycles. The molecule has 106 valence electrons. The molecule has 1 saturated heterocycles. The fraction of sp³-hybridized carbons (Fsp3) is 0.929. The number of rotatable bonds is 8. The standard InChI is InChI=1S/C14H28N2OS/c1-12(2)5-3-4-8-16-14(17)11-18-13-6-9-15-10-7-13/h12-13,15H,3-11H2,1-2H3,(H,16,17). The summed E-state index contributed by atoms with van der Waals surface area (Å²) in [7, 11) is 0. The van der Waals surface area contributed by atoms with E-state index in [9.17, 15) is 4.79 Å². The molecular formula is C14H28N2OS. The minimum atomic E-state index is 0.211. The Morgan fingerprint density at radius 2 is 2.06 bits per heavy atom. The molecular weight excluding hydrogens is 244 g/mol. The molecule has 1 heterocycles. The summed E-state index contributed by atoms with van der Waals surface area (Å²) in [4.78, 5) is 11.6. The molecule has 0 aromatic heterocycles. The lowest BCUT2D eigenvalue weighted by molar-refractivity contribution is -0.118. The van der Waals surface area contributed by atoms with E-state index in [2.05, 4.69) is 24.5 Å². The lowest BCUT2D eigenvalue weighted by Crippen LogP contribution is -2.31. The molecule has 1 rings (SSSR count). The van der Waals surface area contributed by atoms with Gasteiger partial charge in [0.05, 0.1) is 5.75 Å². The first kappa shape index (κ1) is 15.8. The number of unbranched alkanes of at least 4 members (excludes halogenated alkanes) is 1. The number of amides is 1. The molecule has 0 bridgehead atoms. The fourth-order valence-corrected chi connectivity index (χ4v) is 3.17. The molecule has 0 radical (unpaired) electrons. The molecule has 18 heavy (non-hydrogen) atoms. The van der Waals surface area contributed by atoms with Gasteiger partial charge in [-0.25, -0.2) is 0 Å². The first-order chi connectivity index (χ1) is 8.68. The maximum Gasteiger partial charge on any atom is 0.230 e. The molecule has 0 saturated carbocycles. The minimum absolute atomic E-state index is 0.211. The predicted molar refractivity (Wildman–Crippen MR) is 80.0 cm³/mol. The first-order valence-corrected chi connectivity index (χ1v) is 8.32. The third-order valence-corrected chi connectivity index (χ3v) is 4.64. The van der Waals surface area contributed by atoms with Crippen molar-refractivity contribution in [2.75, 3.05) is 25.4 Å². The van der Waals surface area contributed by atoms with Gasteiger partial charge in [-0.3, -0.25) is 4.79 Å². The average Bonchev–Trinajstić information content (AvgIpc) is 2.37. The molecule has 3 nitrogen and oxygen atoms in total. The Hall–Kier alpha value is -0.220. The second-order valence-electron chi connectivity index (χ2n) is 5.50. The number of nitrogens with one attached hydrogen (secondary N) is 2. The van der Waals surface area contributed by atoms with Gasteiger partial charge >= 0.3 is 0 Å². The van der Waals surface area contributed by atoms with E-state index in [4.69, 9.17) is 0 Å². The summed E-state index contributed by atoms with van der Waals surface area (Å²) in [6, 6.07) is 0. The monoisotopic (exact) mass is 272 g/mol. The Morgan fingerprint density at radius 1 is 1.33 bits per heavy atom. The van der Waals surface area contributed by atoms with Crippen LogP contribution < -0.4 is 10.6 Å². The second-order valence-corrected chi connectivity index (χ2v) is 6.79. The first-order valence-electron chi connectivity index (χ1n) is 7.27. The number of piperidine rings is 1. The van der Waals surface area contributed by atoms with Gasteiger partial charge < -0.3 is 10.6 Å². The van der Waals surface area contributed by atoms with Crippen LogP contribution in [0.4, 0.5) is 0 Å². The van der Waals surface area contributed by atoms with Crippen LogP contribution in [0.5, 0.6) is 0 Å². The van der Waals surface area contributed by atoms with Crippen molar-refractivity contribution in [3.63, 3.8) is 0 Å². The Morgan fingerprint density at radius 3 is 2.72 bits per heavy atom. The van der Waals surface area contributed by atoms with Crippen LogP contribution in [-0.4, -0.2) is 36.5 Å². The average molecular weight is 272 g/mol. The largest absolute Gasteiger partial charge is 0.355 e. The van der Waals surface area contributed by atoms with Crippen molar-refractivity contribution in [1.82, 2.24) is 10.6 Å². The van der Waals surface area contributed by atoms with E-state index in [1.54, 1.807) is 0 Å². The van der Waals surface area contributed by atoms with Crippen molar-refractivity contribution in [3.05, 3.63) is 0 Å². The summed E-state index contributed by atoms with van der Waals surface area (Å²) < 4.78 is 0. The highest BCUT2D eigenvalue weighted by Gasteiger charge is 2.14. The number of carbonyl (C=O) groups excluding carboxylic acids is 1. The summed E-state index contributed by atoms with van der Waals surface area (Å²) in [5, 5.41) is 7.05. The summed E-state index contributed by atoms with van der Waals surface area (Å²) in [5.41, 5.74) is 0. The van der Waals surface area contributed by atoms with Gasteiger partial charge in [0.15, 0.2) is 0 Å². The zero-order valence-corrected chi connectivity index (χ0v) is 12.7. The van der Waals surface area contributed by atoms with Crippen molar-refractivity contribution in [3.8, 4) is 0 Å². The third-order valence-electron chi connectivity index (χ3n) is 3.27. The van der Waals surface area contributed by atoms with Crippen LogP contribution in [0.15, 0.2) is 0 Å². The number of carbonyl (C=O) groups is 1. The van der Waals surface area contributed by atoms with Gasteiger partial charge in [-0.2, -0.15) is 0 Å². The van der Waals surface area contributed by atoms with Crippen molar-refractivity contribution in [2.45, 2.75) is 51.2 Å². The van der Waals surface area contributed by atoms with E-state index in [1.165, 1.54) is 25.7 Å². The van der Waals surface area contributed by atoms with Gasteiger partial charge in [-0.1, -0.05) is 26.7 Å². The number of hydrogen-bond acceptors (Lipinski definition) is 3. The predicted octanol–water partition coefficient (Wildman–Crippen LogP) is 2.41. The molecule has 0 aliphatic carbocycles. The molecule has 0 spiro atoms. The Balaban J connectivity index is 1.93. The Bertz CT molecular complexity index is 228. The molecule has 4 heteroatoms. The highest BCUT2D eigenvalue weighted by atomic mass is 32.2. The van der Waals surface area contributed by atoms with Gasteiger partial charge in [-0.15, -0.1) is 11.8 Å². The summed E-state index contributed by atoms with van der Waals surface area (Å²) in [5.74, 6) is 1.62. The van der Waals surface area contributed by atoms with Crippen LogP contribution in [0.2, 0.25) is 0 Å². The lowest BCUT2D eigenvalue weighted by atomic mass is 10.1. The lowest BCUT2D eigenvalue weighted by Gasteiger charge is -2.21. The van der Waals surface area contributed by atoms with Crippen molar-refractivity contribution in [1.29, 1.82) is 0 Å². The third kappa shape index (κ3) is 7.98. The van der Waals surface area contributed by atoms with E-state index in [1.807, 2.05) is 11.8 Å². The van der Waals surface area contributed by atoms with Crippen LogP contribution in [0.25, 0.3) is 0 Å². The van der Waals surface area contributed by atoms with Gasteiger partial charge in [0.25, 0.3) is 0 Å². The quantitative estimate of drug-likeness (QED) is 0.667. The highest BCUT2D eigenvalue weighted by molar-refractivity contribution is 8.00. The van der Waals surface area contributed by atoms with E-state index in [-0.39, 0.29) is 5.91 Å². The smallest absolute Gasteiger partial charge is 0.230 e. The zero-order valence-electron chi connectivity index (χ0n) is 11.8. The maximum atomic E-state index is 11.6. The van der Waals surface area contributed by atoms with Gasteiger partial charge in [0.2, 0.25) is 5.91 Å². The Labute approximate surface area is 116 Å². The van der Waals surface area contributed by atoms with Crippen LogP contribution in [-0.2, 0) is 4.79 Å². The van der Waals surface area contributed by atoms with Crippen LogP contribution in [0, 0.1) is 5.92 Å². The van der Waals surface area contributed by atoms with E-state index >= 15 is 0 Å².